The van der Waals surface area contributed by atoms with Crippen LogP contribution in [0.25, 0.3) is 0 Å². The normalized spacial score (nSPS) is 17.1. The molecule has 2 heterocycles. The maximum atomic E-state index is 14.0. The quantitative estimate of drug-likeness (QED) is 0.349. The second-order valence-electron chi connectivity index (χ2n) is 9.79. The number of rotatable bonds is 11. The summed E-state index contributed by atoms with van der Waals surface area (Å²) in [6, 6.07) is 4.66. The minimum atomic E-state index is -4.87. The Morgan fingerprint density at radius 3 is 2.54 bits per heavy atom. The highest BCUT2D eigenvalue weighted by molar-refractivity contribution is 7.18. The molecule has 0 spiro atoms. The second kappa shape index (κ2) is 13.4. The van der Waals surface area contributed by atoms with Gasteiger partial charge < -0.3 is 20.3 Å². The summed E-state index contributed by atoms with van der Waals surface area (Å²) in [7, 11) is 0. The summed E-state index contributed by atoms with van der Waals surface area (Å²) in [6.07, 6.45) is -5.14. The van der Waals surface area contributed by atoms with Crippen molar-refractivity contribution in [3.8, 4) is 0 Å². The van der Waals surface area contributed by atoms with Crippen molar-refractivity contribution in [2.24, 2.45) is 5.92 Å². The Labute approximate surface area is 241 Å². The SMILES string of the molecule is O=C(NC[C@@H](C(=O)Nc1ccc(N2CCOCC2=O)c(C(F)(F)F)c1)N(CC(F)F)CC1CCC1)c1ccc(Cl)s1. The molecular formula is C26H28ClF5N4O4S. The van der Waals surface area contributed by atoms with Gasteiger partial charge in [-0.2, -0.15) is 13.2 Å². The summed E-state index contributed by atoms with van der Waals surface area (Å²) in [5.74, 6) is -1.99. The molecule has 2 N–H and O–H groups in total. The smallest absolute Gasteiger partial charge is 0.370 e. The Hall–Kier alpha value is -2.81. The van der Waals surface area contributed by atoms with Crippen LogP contribution in [0.2, 0.25) is 4.34 Å². The fourth-order valence-corrected chi connectivity index (χ4v) is 5.65. The van der Waals surface area contributed by atoms with E-state index in [9.17, 15) is 36.3 Å². The van der Waals surface area contributed by atoms with E-state index in [0.717, 1.165) is 41.6 Å². The molecule has 1 aromatic carbocycles. The van der Waals surface area contributed by atoms with Gasteiger partial charge in [0.25, 0.3) is 18.2 Å². The van der Waals surface area contributed by atoms with Crippen LogP contribution in [0, 0.1) is 5.92 Å². The zero-order chi connectivity index (χ0) is 29.7. The molecule has 1 aromatic heterocycles. The van der Waals surface area contributed by atoms with Crippen molar-refractivity contribution in [2.75, 3.05) is 49.6 Å². The first kappa shape index (κ1) is 31.1. The monoisotopic (exact) mass is 622 g/mol. The molecule has 2 aliphatic rings. The number of hydrogen-bond acceptors (Lipinski definition) is 6. The van der Waals surface area contributed by atoms with E-state index in [2.05, 4.69) is 10.6 Å². The zero-order valence-electron chi connectivity index (χ0n) is 21.7. The maximum absolute atomic E-state index is 14.0. The van der Waals surface area contributed by atoms with Gasteiger partial charge in [-0.1, -0.05) is 18.0 Å². The van der Waals surface area contributed by atoms with Crippen molar-refractivity contribution >= 4 is 52.0 Å². The van der Waals surface area contributed by atoms with Crippen molar-refractivity contribution in [1.82, 2.24) is 10.2 Å². The van der Waals surface area contributed by atoms with Gasteiger partial charge in [0.05, 0.1) is 33.6 Å². The van der Waals surface area contributed by atoms with Gasteiger partial charge in [-0.25, -0.2) is 8.78 Å². The first-order valence-corrected chi connectivity index (χ1v) is 14.1. The lowest BCUT2D eigenvalue weighted by molar-refractivity contribution is -0.137. The Morgan fingerprint density at radius 1 is 1.20 bits per heavy atom. The minimum absolute atomic E-state index is 0.0631. The first-order valence-electron chi connectivity index (χ1n) is 12.9. The molecule has 1 aliphatic carbocycles. The third-order valence-electron chi connectivity index (χ3n) is 6.93. The number of nitrogens with one attached hydrogen (secondary N) is 2. The number of halogens is 6. The first-order chi connectivity index (χ1) is 19.4. The van der Waals surface area contributed by atoms with Gasteiger partial charge >= 0.3 is 6.18 Å². The molecule has 2 fully saturated rings. The lowest BCUT2D eigenvalue weighted by Crippen LogP contribution is -2.53. The van der Waals surface area contributed by atoms with Crippen LogP contribution < -0.4 is 15.5 Å². The summed E-state index contributed by atoms with van der Waals surface area (Å²) in [5.41, 5.74) is -1.77. The van der Waals surface area contributed by atoms with Crippen molar-refractivity contribution in [3.05, 3.63) is 45.1 Å². The summed E-state index contributed by atoms with van der Waals surface area (Å²) >= 11 is 6.88. The lowest BCUT2D eigenvalue weighted by atomic mass is 9.85. The average molecular weight is 623 g/mol. The molecule has 1 saturated carbocycles. The van der Waals surface area contributed by atoms with Gasteiger partial charge in [-0.15, -0.1) is 11.3 Å². The van der Waals surface area contributed by atoms with E-state index in [-0.39, 0.29) is 55.0 Å². The molecule has 41 heavy (non-hydrogen) atoms. The largest absolute Gasteiger partial charge is 0.418 e. The number of anilines is 2. The highest BCUT2D eigenvalue weighted by Crippen LogP contribution is 2.39. The number of amides is 3. The molecule has 2 aromatic rings. The number of carbonyl (C=O) groups excluding carboxylic acids is 3. The molecule has 0 radical (unpaired) electrons. The van der Waals surface area contributed by atoms with Crippen LogP contribution in [0.4, 0.5) is 33.3 Å². The summed E-state index contributed by atoms with van der Waals surface area (Å²) in [6.45, 7) is -1.34. The second-order valence-corrected chi connectivity index (χ2v) is 11.5. The molecular weight excluding hydrogens is 595 g/mol. The fraction of sp³-hybridized carbons (Fsp3) is 0.500. The minimum Gasteiger partial charge on any atom is -0.370 e. The number of nitrogens with zero attached hydrogens (tertiary/aromatic N) is 2. The fourth-order valence-electron chi connectivity index (χ4n) is 4.69. The molecule has 0 unspecified atom stereocenters. The average Bonchev–Trinajstić information content (AvgIpc) is 3.32. The van der Waals surface area contributed by atoms with Crippen LogP contribution in [0.1, 0.15) is 34.5 Å². The number of ether oxygens (including phenoxy) is 1. The number of benzene rings is 1. The number of carbonyl (C=O) groups is 3. The molecule has 4 rings (SSSR count). The summed E-state index contributed by atoms with van der Waals surface area (Å²) < 4.78 is 74.5. The van der Waals surface area contributed by atoms with Crippen LogP contribution in [0.15, 0.2) is 30.3 Å². The van der Waals surface area contributed by atoms with E-state index in [1.165, 1.54) is 23.1 Å². The van der Waals surface area contributed by atoms with Gasteiger partial charge in [0, 0.05) is 25.3 Å². The van der Waals surface area contributed by atoms with Gasteiger partial charge in [-0.05, 0) is 49.1 Å². The van der Waals surface area contributed by atoms with Crippen molar-refractivity contribution in [1.29, 1.82) is 0 Å². The molecule has 1 saturated heterocycles. The Balaban J connectivity index is 1.58. The molecule has 8 nitrogen and oxygen atoms in total. The molecule has 1 atom stereocenters. The van der Waals surface area contributed by atoms with Gasteiger partial charge in [0.1, 0.15) is 12.6 Å². The predicted molar refractivity (Wildman–Crippen MR) is 144 cm³/mol. The lowest BCUT2D eigenvalue weighted by Gasteiger charge is -2.36. The third kappa shape index (κ3) is 8.15. The Morgan fingerprint density at radius 2 is 1.95 bits per heavy atom. The topological polar surface area (TPSA) is 91.0 Å². The van der Waals surface area contributed by atoms with Crippen LogP contribution >= 0.6 is 22.9 Å². The highest BCUT2D eigenvalue weighted by Gasteiger charge is 2.38. The van der Waals surface area contributed by atoms with Crippen molar-refractivity contribution in [2.45, 2.75) is 37.9 Å². The third-order valence-corrected chi connectivity index (χ3v) is 8.16. The van der Waals surface area contributed by atoms with Crippen LogP contribution in [-0.2, 0) is 20.5 Å². The van der Waals surface area contributed by atoms with Crippen LogP contribution in [0.5, 0.6) is 0 Å². The molecule has 3 amide bonds. The molecule has 224 valence electrons. The van der Waals surface area contributed by atoms with Crippen LogP contribution in [-0.4, -0.2) is 74.5 Å². The van der Waals surface area contributed by atoms with Crippen molar-refractivity contribution < 1.29 is 41.1 Å². The number of alkyl halides is 5. The summed E-state index contributed by atoms with van der Waals surface area (Å²) in [4.78, 5) is 40.7. The highest BCUT2D eigenvalue weighted by atomic mass is 35.5. The Kier molecular flexibility index (Phi) is 10.2. The maximum Gasteiger partial charge on any atom is 0.418 e. The molecule has 0 bridgehead atoms. The van der Waals surface area contributed by atoms with Gasteiger partial charge in [0.15, 0.2) is 0 Å². The van der Waals surface area contributed by atoms with E-state index in [0.29, 0.717) is 10.4 Å². The van der Waals surface area contributed by atoms with E-state index in [1.807, 2.05) is 0 Å². The zero-order valence-corrected chi connectivity index (χ0v) is 23.3. The molecule has 1 aliphatic heterocycles. The van der Waals surface area contributed by atoms with Gasteiger partial charge in [-0.3, -0.25) is 19.3 Å². The Bertz CT molecular complexity index is 1260. The van der Waals surface area contributed by atoms with Crippen LogP contribution in [0.3, 0.4) is 0 Å². The number of thiophene rings is 1. The van der Waals surface area contributed by atoms with E-state index >= 15 is 0 Å². The van der Waals surface area contributed by atoms with E-state index in [1.54, 1.807) is 0 Å². The van der Waals surface area contributed by atoms with E-state index in [4.69, 9.17) is 16.3 Å². The van der Waals surface area contributed by atoms with Gasteiger partial charge in [0.2, 0.25) is 5.91 Å². The molecule has 15 heteroatoms. The summed E-state index contributed by atoms with van der Waals surface area (Å²) in [5, 5.41) is 4.97. The predicted octanol–water partition coefficient (Wildman–Crippen LogP) is 4.89. The van der Waals surface area contributed by atoms with E-state index < -0.39 is 48.5 Å². The van der Waals surface area contributed by atoms with Crippen molar-refractivity contribution in [3.63, 3.8) is 0 Å². The number of morpholine rings is 1. The number of hydrogen-bond donors (Lipinski definition) is 2. The standard InChI is InChI=1S/C26H28ClF5N4O4S/c27-21-7-6-20(41-21)25(39)33-11-19(35(13-22(28)29)12-15-2-1-3-15)24(38)34-16-4-5-18(17(10-16)26(30,31)32)36-8-9-40-14-23(36)37/h4-7,10,15,19,22H,1-3,8-9,11-14H2,(H,33,39)(H,34,38)/t19-/m0/s1.